The van der Waals surface area contributed by atoms with Crippen LogP contribution in [0.15, 0.2) is 48.5 Å². The Kier molecular flexibility index (Phi) is 1.61. The molecule has 4 rings (SSSR count). The van der Waals surface area contributed by atoms with Gasteiger partial charge in [0.2, 0.25) is 11.6 Å². The van der Waals surface area contributed by atoms with Gasteiger partial charge in [-0.05, 0) is 28.3 Å². The number of carbonyl (C=O) groups is 2. The van der Waals surface area contributed by atoms with Gasteiger partial charge in [-0.1, -0.05) is 42.5 Å². The van der Waals surface area contributed by atoms with E-state index in [2.05, 4.69) is 0 Å². The molecule has 84 valence electrons. The molecule has 2 aromatic rings. The number of benzene rings is 2. The minimum Gasteiger partial charge on any atom is -0.286 e. The van der Waals surface area contributed by atoms with Crippen LogP contribution >= 0.6 is 0 Å². The van der Waals surface area contributed by atoms with Crippen molar-refractivity contribution in [2.45, 2.75) is 0 Å². The summed E-state index contributed by atoms with van der Waals surface area (Å²) in [5, 5.41) is 0. The van der Waals surface area contributed by atoms with Crippen molar-refractivity contribution in [1.29, 1.82) is 0 Å². The fourth-order valence-corrected chi connectivity index (χ4v) is 2.82. The van der Waals surface area contributed by atoms with Gasteiger partial charge in [-0.3, -0.25) is 9.59 Å². The van der Waals surface area contributed by atoms with Crippen LogP contribution in [0.4, 0.5) is 0 Å². The van der Waals surface area contributed by atoms with Crippen LogP contribution in [0.3, 0.4) is 0 Å². The van der Waals surface area contributed by atoms with Gasteiger partial charge in [0, 0.05) is 11.1 Å². The summed E-state index contributed by atoms with van der Waals surface area (Å²) in [6, 6.07) is 13.5. The summed E-state index contributed by atoms with van der Waals surface area (Å²) in [4.78, 5) is 23.6. The Labute approximate surface area is 104 Å². The highest BCUT2D eigenvalue weighted by Gasteiger charge is 2.33. The van der Waals surface area contributed by atoms with Gasteiger partial charge in [-0.15, -0.1) is 0 Å². The first-order valence-corrected chi connectivity index (χ1v) is 5.81. The number of allylic oxidation sites excluding steroid dienone is 1. The molecule has 0 heterocycles. The van der Waals surface area contributed by atoms with Gasteiger partial charge in [-0.25, -0.2) is 0 Å². The third-order valence-electron chi connectivity index (χ3n) is 3.59. The van der Waals surface area contributed by atoms with E-state index in [-0.39, 0.29) is 0 Å². The first-order chi connectivity index (χ1) is 8.77. The van der Waals surface area contributed by atoms with Crippen LogP contribution in [0.2, 0.25) is 0 Å². The summed E-state index contributed by atoms with van der Waals surface area (Å²) in [7, 11) is 0. The van der Waals surface area contributed by atoms with E-state index in [4.69, 9.17) is 0 Å². The normalized spacial score (nSPS) is 15.2. The number of fused-ring (bicyclic) bond motifs is 3. The molecule has 0 N–H and O–H groups in total. The molecular formula is C16H8O2. The second-order valence-corrected chi connectivity index (χ2v) is 4.53. The summed E-state index contributed by atoms with van der Waals surface area (Å²) in [6.45, 7) is 0. The van der Waals surface area contributed by atoms with E-state index in [1.54, 1.807) is 6.07 Å². The molecule has 0 saturated heterocycles. The second-order valence-electron chi connectivity index (χ2n) is 4.53. The summed E-state index contributed by atoms with van der Waals surface area (Å²) in [6.07, 6.45) is 1.47. The van der Waals surface area contributed by atoms with E-state index in [1.807, 2.05) is 36.4 Å². The maximum atomic E-state index is 11.9. The number of hydrogen-bond acceptors (Lipinski definition) is 2. The fourth-order valence-electron chi connectivity index (χ4n) is 2.82. The predicted octanol–water partition coefficient (Wildman–Crippen LogP) is 2.86. The largest absolute Gasteiger partial charge is 0.286 e. The lowest BCUT2D eigenvalue weighted by molar-refractivity contribution is -0.110. The predicted molar refractivity (Wildman–Crippen MR) is 68.3 cm³/mol. The average molecular weight is 232 g/mol. The minimum absolute atomic E-state index is 0.400. The lowest BCUT2D eigenvalue weighted by atomic mass is 9.88. The zero-order chi connectivity index (χ0) is 12.3. The molecule has 2 nitrogen and oxygen atoms in total. The topological polar surface area (TPSA) is 34.1 Å². The van der Waals surface area contributed by atoms with Crippen molar-refractivity contribution in [2.24, 2.45) is 0 Å². The van der Waals surface area contributed by atoms with Gasteiger partial charge in [0.1, 0.15) is 0 Å². The van der Waals surface area contributed by atoms with Crippen LogP contribution < -0.4 is 0 Å². The summed E-state index contributed by atoms with van der Waals surface area (Å²) >= 11 is 0. The zero-order valence-electron chi connectivity index (χ0n) is 9.44. The molecule has 0 aliphatic heterocycles. The van der Waals surface area contributed by atoms with E-state index in [0.29, 0.717) is 5.56 Å². The van der Waals surface area contributed by atoms with Gasteiger partial charge in [0.25, 0.3) is 0 Å². The molecule has 0 atom stereocenters. The minimum atomic E-state index is -0.425. The van der Waals surface area contributed by atoms with Gasteiger partial charge >= 0.3 is 0 Å². The third kappa shape index (κ3) is 0.979. The molecule has 0 radical (unpaired) electrons. The summed E-state index contributed by atoms with van der Waals surface area (Å²) in [5.41, 5.74) is 5.54. The van der Waals surface area contributed by atoms with Crippen LogP contribution in [0.1, 0.15) is 21.5 Å². The Morgan fingerprint density at radius 2 is 1.33 bits per heavy atom. The average Bonchev–Trinajstić information content (AvgIpc) is 2.72. The van der Waals surface area contributed by atoms with E-state index in [1.165, 1.54) is 6.08 Å². The Bertz CT molecular complexity index is 766. The monoisotopic (exact) mass is 232 g/mol. The van der Waals surface area contributed by atoms with Crippen molar-refractivity contribution in [3.05, 3.63) is 65.2 Å². The van der Waals surface area contributed by atoms with Crippen molar-refractivity contribution in [3.63, 3.8) is 0 Å². The maximum Gasteiger partial charge on any atom is 0.233 e. The molecule has 0 saturated carbocycles. The summed E-state index contributed by atoms with van der Waals surface area (Å²) in [5.74, 6) is -0.824. The van der Waals surface area contributed by atoms with Gasteiger partial charge in [0.15, 0.2) is 0 Å². The lowest BCUT2D eigenvalue weighted by Gasteiger charge is -2.12. The number of hydrogen-bond donors (Lipinski definition) is 0. The van der Waals surface area contributed by atoms with Crippen molar-refractivity contribution in [1.82, 2.24) is 0 Å². The quantitative estimate of drug-likeness (QED) is 0.558. The van der Waals surface area contributed by atoms with Crippen LogP contribution in [-0.4, -0.2) is 11.6 Å². The SMILES string of the molecule is O=C1C=C2c3ccccc3-c3cccc(c32)C1=O. The molecule has 0 fully saturated rings. The highest BCUT2D eigenvalue weighted by atomic mass is 16.2. The molecule has 0 spiro atoms. The molecule has 0 unspecified atom stereocenters. The Morgan fingerprint density at radius 3 is 2.17 bits per heavy atom. The number of rotatable bonds is 0. The summed E-state index contributed by atoms with van der Waals surface area (Å²) < 4.78 is 0. The van der Waals surface area contributed by atoms with E-state index < -0.39 is 11.6 Å². The van der Waals surface area contributed by atoms with Crippen LogP contribution in [0.25, 0.3) is 16.7 Å². The second kappa shape index (κ2) is 3.05. The van der Waals surface area contributed by atoms with Gasteiger partial charge in [0.05, 0.1) is 0 Å². The van der Waals surface area contributed by atoms with Crippen molar-refractivity contribution >= 4 is 17.1 Å². The molecule has 2 aliphatic rings. The van der Waals surface area contributed by atoms with Crippen molar-refractivity contribution < 1.29 is 9.59 Å². The number of ketones is 2. The van der Waals surface area contributed by atoms with Crippen LogP contribution in [0, 0.1) is 0 Å². The van der Waals surface area contributed by atoms with Crippen molar-refractivity contribution in [2.75, 3.05) is 0 Å². The molecule has 0 bridgehead atoms. The zero-order valence-corrected chi connectivity index (χ0v) is 9.44. The van der Waals surface area contributed by atoms with Crippen molar-refractivity contribution in [3.8, 4) is 11.1 Å². The molecule has 0 amide bonds. The van der Waals surface area contributed by atoms with Crippen LogP contribution in [0.5, 0.6) is 0 Å². The van der Waals surface area contributed by atoms with Gasteiger partial charge < -0.3 is 0 Å². The Hall–Kier alpha value is -2.48. The van der Waals surface area contributed by atoms with E-state index >= 15 is 0 Å². The highest BCUT2D eigenvalue weighted by Crippen LogP contribution is 2.47. The standard InChI is InChI=1S/C16H8O2/c17-14-8-13-10-5-2-1-4-9(10)11-6-3-7-12(15(11)13)16(14)18/h1-8H. The maximum absolute atomic E-state index is 11.9. The molecule has 2 aliphatic carbocycles. The fraction of sp³-hybridized carbons (Fsp3) is 0. The van der Waals surface area contributed by atoms with Crippen LogP contribution in [-0.2, 0) is 4.79 Å². The number of carbonyl (C=O) groups excluding carboxylic acids is 2. The first kappa shape index (κ1) is 9.54. The van der Waals surface area contributed by atoms with Gasteiger partial charge in [-0.2, -0.15) is 0 Å². The highest BCUT2D eigenvalue weighted by molar-refractivity contribution is 6.51. The third-order valence-corrected chi connectivity index (χ3v) is 3.59. The molecule has 18 heavy (non-hydrogen) atoms. The van der Waals surface area contributed by atoms with E-state index in [9.17, 15) is 9.59 Å². The molecule has 0 aromatic heterocycles. The smallest absolute Gasteiger partial charge is 0.233 e. The molecule has 2 heteroatoms. The lowest BCUT2D eigenvalue weighted by Crippen LogP contribution is -2.17. The van der Waals surface area contributed by atoms with E-state index in [0.717, 1.165) is 27.8 Å². The Morgan fingerprint density at radius 1 is 0.667 bits per heavy atom. The first-order valence-electron chi connectivity index (χ1n) is 5.81. The molecular weight excluding hydrogens is 224 g/mol. The molecule has 2 aromatic carbocycles. The Balaban J connectivity index is 2.21. The number of Topliss-reactive ketones (excluding diaryl/α,β-unsaturated/α-hetero) is 1.